The summed E-state index contributed by atoms with van der Waals surface area (Å²) in [6.07, 6.45) is 0. The van der Waals surface area contributed by atoms with E-state index in [0.29, 0.717) is 11.1 Å². The first kappa shape index (κ1) is 19.6. The molecule has 2 rings (SSSR count). The summed E-state index contributed by atoms with van der Waals surface area (Å²) in [5, 5.41) is 0. The summed E-state index contributed by atoms with van der Waals surface area (Å²) in [6.45, 7) is 3.51. The van der Waals surface area contributed by atoms with Crippen LogP contribution in [0, 0.1) is 0 Å². The van der Waals surface area contributed by atoms with E-state index in [4.69, 9.17) is 0 Å². The Labute approximate surface area is 149 Å². The lowest BCUT2D eigenvalue weighted by molar-refractivity contribution is 0.568. The summed E-state index contributed by atoms with van der Waals surface area (Å²) < 4.78 is 53.9. The minimum Gasteiger partial charge on any atom is -0.212 e. The van der Waals surface area contributed by atoms with E-state index in [1.54, 1.807) is 56.3 Å². The smallest absolute Gasteiger partial charge is 0.212 e. The highest BCUT2D eigenvalue weighted by atomic mass is 32.2. The summed E-state index contributed by atoms with van der Waals surface area (Å²) in [5.41, 5.74) is 1.18. The van der Waals surface area contributed by atoms with Gasteiger partial charge in [-0.25, -0.2) is 26.3 Å². The number of hydrogen-bond donors (Lipinski definition) is 2. The molecule has 0 saturated heterocycles. The van der Waals surface area contributed by atoms with Crippen LogP contribution in [0.1, 0.15) is 25.0 Å². The Hall–Kier alpha value is -1.74. The molecule has 6 nitrogen and oxygen atoms in total. The van der Waals surface area contributed by atoms with Crippen molar-refractivity contribution < 1.29 is 16.8 Å². The van der Waals surface area contributed by atoms with Crippen molar-refractivity contribution in [2.45, 2.75) is 37.1 Å². The molecule has 8 heteroatoms. The van der Waals surface area contributed by atoms with E-state index in [2.05, 4.69) is 9.44 Å². The Balaban J connectivity index is 2.16. The average Bonchev–Trinajstić information content (AvgIpc) is 2.53. The standard InChI is InChI=1S/C17H22N2O4S2/c1-14(2)19-24(20,21)13-16-9-7-6-8-15(16)12-18-25(22,23)17-10-4-3-5-11-17/h3-11,14,18-19H,12-13H2,1-2H3. The van der Waals surface area contributed by atoms with Crippen molar-refractivity contribution in [2.24, 2.45) is 0 Å². The second-order valence-electron chi connectivity index (χ2n) is 5.94. The Kier molecular flexibility index (Phi) is 6.34. The molecule has 0 aliphatic rings. The lowest BCUT2D eigenvalue weighted by atomic mass is 10.1. The normalized spacial score (nSPS) is 12.4. The highest BCUT2D eigenvalue weighted by molar-refractivity contribution is 7.89. The maximum Gasteiger partial charge on any atom is 0.240 e. The first-order chi connectivity index (χ1) is 11.7. The third-order valence-electron chi connectivity index (χ3n) is 3.39. The molecule has 2 aromatic rings. The molecule has 2 aromatic carbocycles. The van der Waals surface area contributed by atoms with E-state index >= 15 is 0 Å². The third kappa shape index (κ3) is 5.93. The van der Waals surface area contributed by atoms with Crippen LogP contribution >= 0.6 is 0 Å². The molecule has 0 heterocycles. The molecule has 0 unspecified atom stereocenters. The maximum atomic E-state index is 12.3. The Morgan fingerprint density at radius 2 is 1.40 bits per heavy atom. The van der Waals surface area contributed by atoms with Crippen LogP contribution in [-0.2, 0) is 32.3 Å². The quantitative estimate of drug-likeness (QED) is 0.730. The average molecular weight is 383 g/mol. The highest BCUT2D eigenvalue weighted by Gasteiger charge is 2.17. The molecule has 0 bridgehead atoms. The molecule has 0 fully saturated rings. The largest absolute Gasteiger partial charge is 0.240 e. The van der Waals surface area contributed by atoms with E-state index in [9.17, 15) is 16.8 Å². The first-order valence-corrected chi connectivity index (χ1v) is 10.9. The Morgan fingerprint density at radius 1 is 0.840 bits per heavy atom. The van der Waals surface area contributed by atoms with Gasteiger partial charge in [0, 0.05) is 12.6 Å². The SMILES string of the molecule is CC(C)NS(=O)(=O)Cc1ccccc1CNS(=O)(=O)c1ccccc1. The second kappa shape index (κ2) is 8.09. The van der Waals surface area contributed by atoms with Crippen molar-refractivity contribution in [3.63, 3.8) is 0 Å². The summed E-state index contributed by atoms with van der Waals surface area (Å²) in [6, 6.07) is 14.7. The minimum atomic E-state index is -3.65. The van der Waals surface area contributed by atoms with Crippen LogP contribution in [0.5, 0.6) is 0 Å². The number of benzene rings is 2. The lowest BCUT2D eigenvalue weighted by Crippen LogP contribution is -2.31. The fraction of sp³-hybridized carbons (Fsp3) is 0.294. The van der Waals surface area contributed by atoms with Crippen molar-refractivity contribution >= 4 is 20.0 Å². The van der Waals surface area contributed by atoms with Crippen molar-refractivity contribution in [2.75, 3.05) is 0 Å². The van der Waals surface area contributed by atoms with Gasteiger partial charge in [-0.05, 0) is 37.1 Å². The van der Waals surface area contributed by atoms with E-state index in [1.807, 2.05) is 0 Å². The molecule has 0 amide bonds. The molecule has 0 aromatic heterocycles. The van der Waals surface area contributed by atoms with Crippen LogP contribution in [0.25, 0.3) is 0 Å². The predicted molar refractivity (Wildman–Crippen MR) is 97.8 cm³/mol. The highest BCUT2D eigenvalue weighted by Crippen LogP contribution is 2.14. The van der Waals surface area contributed by atoms with Gasteiger partial charge in [0.05, 0.1) is 10.6 Å². The zero-order chi connectivity index (χ0) is 18.5. The zero-order valence-electron chi connectivity index (χ0n) is 14.1. The fourth-order valence-corrected chi connectivity index (χ4v) is 4.85. The molecule has 136 valence electrons. The van der Waals surface area contributed by atoms with Gasteiger partial charge in [0.15, 0.2) is 0 Å². The molecule has 0 aliphatic heterocycles. The topological polar surface area (TPSA) is 92.3 Å². The van der Waals surface area contributed by atoms with Gasteiger partial charge in [0.25, 0.3) is 0 Å². The van der Waals surface area contributed by atoms with Crippen LogP contribution in [0.4, 0.5) is 0 Å². The monoisotopic (exact) mass is 382 g/mol. The van der Waals surface area contributed by atoms with Crippen LogP contribution in [0.2, 0.25) is 0 Å². The molecule has 0 atom stereocenters. The van der Waals surface area contributed by atoms with Gasteiger partial charge in [-0.3, -0.25) is 0 Å². The summed E-state index contributed by atoms with van der Waals surface area (Å²) in [7, 11) is -7.14. The molecule has 2 N–H and O–H groups in total. The van der Waals surface area contributed by atoms with E-state index < -0.39 is 20.0 Å². The van der Waals surface area contributed by atoms with Crippen LogP contribution < -0.4 is 9.44 Å². The second-order valence-corrected chi connectivity index (χ2v) is 9.46. The van der Waals surface area contributed by atoms with Crippen molar-refractivity contribution in [3.8, 4) is 0 Å². The summed E-state index contributed by atoms with van der Waals surface area (Å²) in [4.78, 5) is 0.168. The molecular formula is C17H22N2O4S2. The molecule has 0 radical (unpaired) electrons. The van der Waals surface area contributed by atoms with Gasteiger partial charge in [-0.15, -0.1) is 0 Å². The molecule has 0 saturated carbocycles. The van der Waals surface area contributed by atoms with E-state index in [-0.39, 0.29) is 23.2 Å². The molecule has 0 spiro atoms. The van der Waals surface area contributed by atoms with Gasteiger partial charge < -0.3 is 0 Å². The molecule has 0 aliphatic carbocycles. The van der Waals surface area contributed by atoms with Gasteiger partial charge >= 0.3 is 0 Å². The molecular weight excluding hydrogens is 360 g/mol. The zero-order valence-corrected chi connectivity index (χ0v) is 15.8. The van der Waals surface area contributed by atoms with E-state index in [1.165, 1.54) is 12.1 Å². The lowest BCUT2D eigenvalue weighted by Gasteiger charge is -2.13. The first-order valence-electron chi connectivity index (χ1n) is 7.81. The summed E-state index contributed by atoms with van der Waals surface area (Å²) in [5.74, 6) is -0.200. The third-order valence-corrected chi connectivity index (χ3v) is 6.32. The Morgan fingerprint density at radius 3 is 2.00 bits per heavy atom. The van der Waals surface area contributed by atoms with Crippen LogP contribution in [0.3, 0.4) is 0 Å². The fourth-order valence-electron chi connectivity index (χ4n) is 2.33. The van der Waals surface area contributed by atoms with Gasteiger partial charge in [-0.2, -0.15) is 0 Å². The van der Waals surface area contributed by atoms with Crippen LogP contribution in [-0.4, -0.2) is 22.9 Å². The molecule has 25 heavy (non-hydrogen) atoms. The minimum absolute atomic E-state index is 0.0185. The summed E-state index contributed by atoms with van der Waals surface area (Å²) >= 11 is 0. The predicted octanol–water partition coefficient (Wildman–Crippen LogP) is 1.99. The van der Waals surface area contributed by atoms with Gasteiger partial charge in [-0.1, -0.05) is 42.5 Å². The van der Waals surface area contributed by atoms with Crippen molar-refractivity contribution in [1.29, 1.82) is 0 Å². The number of rotatable bonds is 8. The Bertz CT molecular complexity index is 909. The number of nitrogens with one attached hydrogen (secondary N) is 2. The number of sulfonamides is 2. The number of hydrogen-bond acceptors (Lipinski definition) is 4. The van der Waals surface area contributed by atoms with Crippen molar-refractivity contribution in [3.05, 3.63) is 65.7 Å². The maximum absolute atomic E-state index is 12.3. The van der Waals surface area contributed by atoms with Gasteiger partial charge in [0.1, 0.15) is 0 Å². The van der Waals surface area contributed by atoms with Gasteiger partial charge in [0.2, 0.25) is 20.0 Å². The van der Waals surface area contributed by atoms with Crippen molar-refractivity contribution in [1.82, 2.24) is 9.44 Å². The van der Waals surface area contributed by atoms with Crippen LogP contribution in [0.15, 0.2) is 59.5 Å². The van der Waals surface area contributed by atoms with E-state index in [0.717, 1.165) is 0 Å².